The number of ether oxygens (including phenoxy) is 1. The van der Waals surface area contributed by atoms with Crippen LogP contribution in [0.5, 0.6) is 5.75 Å². The lowest BCUT2D eigenvalue weighted by Crippen LogP contribution is -1.85. The number of fused-ring (bicyclic) bond motifs is 1. The van der Waals surface area contributed by atoms with Crippen LogP contribution in [0.15, 0.2) is 21.0 Å². The van der Waals surface area contributed by atoms with Gasteiger partial charge in [-0.25, -0.2) is 4.98 Å². The van der Waals surface area contributed by atoms with Crippen molar-refractivity contribution in [1.29, 1.82) is 0 Å². The molecule has 14 heavy (non-hydrogen) atoms. The number of halogens is 1. The fourth-order valence-corrected chi connectivity index (χ4v) is 1.59. The maximum atomic E-state index is 9.49. The molecule has 2 rings (SSSR count). The van der Waals surface area contributed by atoms with Crippen molar-refractivity contribution < 1.29 is 14.3 Å². The lowest BCUT2D eigenvalue weighted by Gasteiger charge is -1.92. The molecule has 1 heterocycles. The van der Waals surface area contributed by atoms with E-state index in [1.165, 1.54) is 0 Å². The number of oxazole rings is 1. The molecular formula is C9H8BrNO3. The number of rotatable bonds is 2. The predicted octanol–water partition coefficient (Wildman–Crippen LogP) is 2.44. The van der Waals surface area contributed by atoms with Crippen molar-refractivity contribution in [2.45, 2.75) is 6.61 Å². The van der Waals surface area contributed by atoms with Crippen molar-refractivity contribution >= 4 is 27.0 Å². The summed E-state index contributed by atoms with van der Waals surface area (Å²) < 4.78 is 11.0. The zero-order valence-corrected chi connectivity index (χ0v) is 9.04. The van der Waals surface area contributed by atoms with Crippen molar-refractivity contribution in [1.82, 2.24) is 4.98 Å². The second kappa shape index (κ2) is 3.59. The maximum Gasteiger partial charge on any atom is 0.221 e. The van der Waals surface area contributed by atoms with Gasteiger partial charge in [-0.3, -0.25) is 0 Å². The lowest BCUT2D eigenvalue weighted by atomic mass is 10.3. The Balaban J connectivity index is 2.63. The SMILES string of the molecule is COCc1nc2c(O)ccc(Br)c2o1. The molecule has 0 aliphatic carbocycles. The Morgan fingerprint density at radius 1 is 1.57 bits per heavy atom. The summed E-state index contributed by atoms with van der Waals surface area (Å²) in [6.07, 6.45) is 0. The Morgan fingerprint density at radius 3 is 3.00 bits per heavy atom. The number of nitrogens with zero attached hydrogens (tertiary/aromatic N) is 1. The van der Waals surface area contributed by atoms with E-state index in [2.05, 4.69) is 20.9 Å². The Bertz CT molecular complexity index is 427. The normalized spacial score (nSPS) is 11.0. The van der Waals surface area contributed by atoms with Gasteiger partial charge >= 0.3 is 0 Å². The van der Waals surface area contributed by atoms with Crippen LogP contribution in [-0.4, -0.2) is 17.2 Å². The number of phenols is 1. The summed E-state index contributed by atoms with van der Waals surface area (Å²) >= 11 is 3.31. The van der Waals surface area contributed by atoms with Crippen LogP contribution < -0.4 is 0 Å². The maximum absolute atomic E-state index is 9.49. The van der Waals surface area contributed by atoms with Crippen molar-refractivity contribution in [2.75, 3.05) is 7.11 Å². The lowest BCUT2D eigenvalue weighted by molar-refractivity contribution is 0.161. The fourth-order valence-electron chi connectivity index (χ4n) is 1.19. The third-order valence-corrected chi connectivity index (χ3v) is 2.41. The van der Waals surface area contributed by atoms with E-state index in [1.54, 1.807) is 19.2 Å². The molecule has 2 aromatic rings. The van der Waals surface area contributed by atoms with Crippen LogP contribution in [0.4, 0.5) is 0 Å². The first kappa shape index (κ1) is 9.48. The van der Waals surface area contributed by atoms with Gasteiger partial charge in [0.2, 0.25) is 5.89 Å². The van der Waals surface area contributed by atoms with E-state index in [0.717, 1.165) is 4.47 Å². The van der Waals surface area contributed by atoms with E-state index in [-0.39, 0.29) is 5.75 Å². The Labute approximate surface area is 88.6 Å². The quantitative estimate of drug-likeness (QED) is 0.898. The van der Waals surface area contributed by atoms with E-state index in [9.17, 15) is 5.11 Å². The van der Waals surface area contributed by atoms with Gasteiger partial charge in [0, 0.05) is 7.11 Å². The Kier molecular flexibility index (Phi) is 2.43. The average Bonchev–Trinajstić information content (AvgIpc) is 2.57. The molecule has 0 fully saturated rings. The summed E-state index contributed by atoms with van der Waals surface area (Å²) in [4.78, 5) is 4.09. The van der Waals surface area contributed by atoms with E-state index in [1.807, 2.05) is 0 Å². The number of phenolic OH excluding ortho intramolecular Hbond substituents is 1. The highest BCUT2D eigenvalue weighted by molar-refractivity contribution is 9.10. The van der Waals surface area contributed by atoms with Crippen LogP contribution >= 0.6 is 15.9 Å². The third-order valence-electron chi connectivity index (χ3n) is 1.79. The van der Waals surface area contributed by atoms with Crippen molar-refractivity contribution in [3.63, 3.8) is 0 Å². The fraction of sp³-hybridized carbons (Fsp3) is 0.222. The molecule has 1 aromatic heterocycles. The minimum atomic E-state index is 0.106. The number of methoxy groups -OCH3 is 1. The first-order chi connectivity index (χ1) is 6.72. The topological polar surface area (TPSA) is 55.5 Å². The molecule has 0 aliphatic rings. The molecule has 0 saturated heterocycles. The van der Waals surface area contributed by atoms with Crippen molar-refractivity contribution in [2.24, 2.45) is 0 Å². The van der Waals surface area contributed by atoms with Gasteiger partial charge in [-0.2, -0.15) is 0 Å². The van der Waals surface area contributed by atoms with E-state index < -0.39 is 0 Å². The molecule has 1 N–H and O–H groups in total. The molecule has 0 spiro atoms. The van der Waals surface area contributed by atoms with Gasteiger partial charge in [0.05, 0.1) is 4.47 Å². The molecule has 0 bridgehead atoms. The second-order valence-corrected chi connectivity index (χ2v) is 3.64. The van der Waals surface area contributed by atoms with Crippen LogP contribution in [0.2, 0.25) is 0 Å². The molecule has 74 valence electrons. The molecule has 0 radical (unpaired) electrons. The van der Waals surface area contributed by atoms with Crippen LogP contribution in [0.3, 0.4) is 0 Å². The van der Waals surface area contributed by atoms with Crippen LogP contribution in [0.1, 0.15) is 5.89 Å². The third kappa shape index (κ3) is 1.49. The Morgan fingerprint density at radius 2 is 2.36 bits per heavy atom. The van der Waals surface area contributed by atoms with Crippen LogP contribution in [0, 0.1) is 0 Å². The molecule has 1 aromatic carbocycles. The van der Waals surface area contributed by atoms with Gasteiger partial charge in [0.25, 0.3) is 0 Å². The van der Waals surface area contributed by atoms with E-state index >= 15 is 0 Å². The number of aromatic hydroxyl groups is 1. The van der Waals surface area contributed by atoms with Crippen molar-refractivity contribution in [3.05, 3.63) is 22.5 Å². The largest absolute Gasteiger partial charge is 0.506 e. The van der Waals surface area contributed by atoms with Gasteiger partial charge in [-0.1, -0.05) is 0 Å². The molecule has 0 amide bonds. The minimum Gasteiger partial charge on any atom is -0.506 e. The van der Waals surface area contributed by atoms with Gasteiger partial charge in [-0.15, -0.1) is 0 Å². The molecule has 5 heteroatoms. The van der Waals surface area contributed by atoms with E-state index in [0.29, 0.717) is 23.6 Å². The highest BCUT2D eigenvalue weighted by Gasteiger charge is 2.11. The summed E-state index contributed by atoms with van der Waals surface area (Å²) in [5.41, 5.74) is 0.989. The van der Waals surface area contributed by atoms with Crippen molar-refractivity contribution in [3.8, 4) is 5.75 Å². The number of benzene rings is 1. The standard InChI is InChI=1S/C9H8BrNO3/c1-13-4-7-11-8-6(12)3-2-5(10)9(8)14-7/h2-3,12H,4H2,1H3. The summed E-state index contributed by atoms with van der Waals surface area (Å²) in [5, 5.41) is 9.49. The Hall–Kier alpha value is -1.07. The number of hydrogen-bond donors (Lipinski definition) is 1. The monoisotopic (exact) mass is 257 g/mol. The molecule has 4 nitrogen and oxygen atoms in total. The minimum absolute atomic E-state index is 0.106. The van der Waals surface area contributed by atoms with Gasteiger partial charge < -0.3 is 14.3 Å². The number of aromatic nitrogens is 1. The average molecular weight is 258 g/mol. The smallest absolute Gasteiger partial charge is 0.221 e. The molecule has 0 aliphatic heterocycles. The summed E-state index contributed by atoms with van der Waals surface area (Å²) in [6, 6.07) is 3.27. The van der Waals surface area contributed by atoms with Crippen LogP contribution in [-0.2, 0) is 11.3 Å². The second-order valence-electron chi connectivity index (χ2n) is 2.78. The molecule has 0 unspecified atom stereocenters. The van der Waals surface area contributed by atoms with E-state index in [4.69, 9.17) is 9.15 Å². The summed E-state index contributed by atoms with van der Waals surface area (Å²) in [7, 11) is 1.56. The highest BCUT2D eigenvalue weighted by atomic mass is 79.9. The highest BCUT2D eigenvalue weighted by Crippen LogP contribution is 2.31. The molecule has 0 atom stereocenters. The summed E-state index contributed by atoms with van der Waals surface area (Å²) in [6.45, 7) is 0.292. The first-order valence-electron chi connectivity index (χ1n) is 3.98. The first-order valence-corrected chi connectivity index (χ1v) is 4.77. The molecule has 0 saturated carbocycles. The van der Waals surface area contributed by atoms with Crippen LogP contribution in [0.25, 0.3) is 11.1 Å². The predicted molar refractivity (Wildman–Crippen MR) is 54.1 cm³/mol. The summed E-state index contributed by atoms with van der Waals surface area (Å²) in [5.74, 6) is 0.555. The zero-order chi connectivity index (χ0) is 10.1. The zero-order valence-electron chi connectivity index (χ0n) is 7.45. The molecular weight excluding hydrogens is 250 g/mol. The van der Waals surface area contributed by atoms with Gasteiger partial charge in [-0.05, 0) is 28.1 Å². The van der Waals surface area contributed by atoms with Gasteiger partial charge in [0.15, 0.2) is 11.1 Å². The number of hydrogen-bond acceptors (Lipinski definition) is 4. The van der Waals surface area contributed by atoms with Gasteiger partial charge in [0.1, 0.15) is 12.4 Å².